The van der Waals surface area contributed by atoms with Crippen molar-refractivity contribution in [2.45, 2.75) is 58.3 Å². The molecule has 0 spiro atoms. The van der Waals surface area contributed by atoms with Gasteiger partial charge in [0.1, 0.15) is 0 Å². The summed E-state index contributed by atoms with van der Waals surface area (Å²) in [6.07, 6.45) is 6.74. The van der Waals surface area contributed by atoms with E-state index in [9.17, 15) is 0 Å². The molecule has 1 aliphatic carbocycles. The maximum absolute atomic E-state index is 5.48. The fourth-order valence-corrected chi connectivity index (χ4v) is 2.83. The van der Waals surface area contributed by atoms with Crippen LogP contribution >= 0.6 is 0 Å². The summed E-state index contributed by atoms with van der Waals surface area (Å²) in [7, 11) is 0. The minimum Gasteiger partial charge on any atom is -0.339 e. The van der Waals surface area contributed by atoms with Gasteiger partial charge in [-0.2, -0.15) is 4.98 Å². The van der Waals surface area contributed by atoms with Crippen molar-refractivity contribution in [1.29, 1.82) is 0 Å². The Kier molecular flexibility index (Phi) is 4.75. The predicted octanol–water partition coefficient (Wildman–Crippen LogP) is 2.89. The average Bonchev–Trinajstić information content (AvgIpc) is 2.85. The van der Waals surface area contributed by atoms with Crippen molar-refractivity contribution in [1.82, 2.24) is 10.1 Å². The minimum absolute atomic E-state index is 0.510. The molecule has 1 fully saturated rings. The van der Waals surface area contributed by atoms with Gasteiger partial charge >= 0.3 is 0 Å². The number of nitrogens with two attached hydrogens (primary N) is 1. The van der Waals surface area contributed by atoms with E-state index in [1.165, 1.54) is 25.7 Å². The highest BCUT2D eigenvalue weighted by molar-refractivity contribution is 4.98. The quantitative estimate of drug-likeness (QED) is 0.874. The third-order valence-corrected chi connectivity index (χ3v) is 4.16. The number of rotatable bonds is 5. The monoisotopic (exact) mass is 251 g/mol. The number of nitrogens with zero attached hydrogens (tertiary/aromatic N) is 2. The van der Waals surface area contributed by atoms with Gasteiger partial charge in [-0.25, -0.2) is 0 Å². The Balaban J connectivity index is 1.87. The van der Waals surface area contributed by atoms with E-state index in [0.29, 0.717) is 12.5 Å². The molecule has 1 saturated carbocycles. The first kappa shape index (κ1) is 13.5. The lowest BCUT2D eigenvalue weighted by Gasteiger charge is -2.29. The van der Waals surface area contributed by atoms with Crippen molar-refractivity contribution in [3.8, 4) is 0 Å². The highest BCUT2D eigenvalue weighted by Crippen LogP contribution is 2.37. The second kappa shape index (κ2) is 6.32. The van der Waals surface area contributed by atoms with Gasteiger partial charge in [-0.15, -0.1) is 0 Å². The van der Waals surface area contributed by atoms with Gasteiger partial charge in [0.15, 0.2) is 5.82 Å². The molecule has 0 aliphatic heterocycles. The molecule has 0 bridgehead atoms. The first-order valence-electron chi connectivity index (χ1n) is 7.23. The molecule has 1 aliphatic rings. The summed E-state index contributed by atoms with van der Waals surface area (Å²) >= 11 is 0. The number of aromatic nitrogens is 2. The van der Waals surface area contributed by atoms with Crippen LogP contribution in [0.4, 0.5) is 0 Å². The van der Waals surface area contributed by atoms with Gasteiger partial charge in [-0.1, -0.05) is 19.0 Å². The first-order chi connectivity index (χ1) is 8.70. The average molecular weight is 251 g/mol. The molecule has 0 aromatic carbocycles. The van der Waals surface area contributed by atoms with Crippen molar-refractivity contribution in [2.75, 3.05) is 6.54 Å². The van der Waals surface area contributed by atoms with Gasteiger partial charge in [0.05, 0.1) is 0 Å². The molecule has 18 heavy (non-hydrogen) atoms. The van der Waals surface area contributed by atoms with Crippen molar-refractivity contribution in [3.63, 3.8) is 0 Å². The highest BCUT2D eigenvalue weighted by atomic mass is 16.5. The molecule has 2 N–H and O–H groups in total. The lowest BCUT2D eigenvalue weighted by molar-refractivity contribution is 0.251. The topological polar surface area (TPSA) is 64.9 Å². The fourth-order valence-electron chi connectivity index (χ4n) is 2.83. The molecule has 4 heteroatoms. The summed E-state index contributed by atoms with van der Waals surface area (Å²) in [5, 5.41) is 4.14. The lowest BCUT2D eigenvalue weighted by atomic mass is 9.77. The lowest BCUT2D eigenvalue weighted by Crippen LogP contribution is -2.18. The van der Waals surface area contributed by atoms with Crippen LogP contribution in [-0.2, 0) is 6.42 Å². The van der Waals surface area contributed by atoms with E-state index >= 15 is 0 Å². The Hall–Kier alpha value is -0.900. The van der Waals surface area contributed by atoms with E-state index in [2.05, 4.69) is 24.0 Å². The Morgan fingerprint density at radius 2 is 2.00 bits per heavy atom. The summed E-state index contributed by atoms with van der Waals surface area (Å²) in [5.41, 5.74) is 5.48. The zero-order valence-electron chi connectivity index (χ0n) is 11.6. The number of hydrogen-bond donors (Lipinski definition) is 1. The van der Waals surface area contributed by atoms with Crippen LogP contribution in [0.3, 0.4) is 0 Å². The Labute approximate surface area is 109 Å². The van der Waals surface area contributed by atoms with E-state index in [4.69, 9.17) is 10.3 Å². The van der Waals surface area contributed by atoms with Crippen LogP contribution in [0.2, 0.25) is 0 Å². The van der Waals surface area contributed by atoms with E-state index in [1.54, 1.807) is 0 Å². The second-order valence-electron chi connectivity index (χ2n) is 5.79. The summed E-state index contributed by atoms with van der Waals surface area (Å²) < 4.78 is 5.28. The molecule has 1 aromatic heterocycles. The fraction of sp³-hybridized carbons (Fsp3) is 0.857. The molecule has 2 rings (SSSR count). The Morgan fingerprint density at radius 1 is 1.28 bits per heavy atom. The van der Waals surface area contributed by atoms with Crippen LogP contribution in [0.25, 0.3) is 0 Å². The van der Waals surface area contributed by atoms with Gasteiger partial charge < -0.3 is 10.3 Å². The van der Waals surface area contributed by atoms with E-state index in [0.717, 1.165) is 36.4 Å². The van der Waals surface area contributed by atoms with Crippen molar-refractivity contribution in [3.05, 3.63) is 11.7 Å². The highest BCUT2D eigenvalue weighted by Gasteiger charge is 2.27. The predicted molar refractivity (Wildman–Crippen MR) is 71.2 cm³/mol. The summed E-state index contributed by atoms with van der Waals surface area (Å²) in [4.78, 5) is 4.51. The molecule has 0 atom stereocenters. The Bertz CT molecular complexity index is 354. The number of aryl methyl sites for hydroxylation is 1. The van der Waals surface area contributed by atoms with Crippen LogP contribution in [0, 0.1) is 11.8 Å². The molecule has 1 aromatic rings. The van der Waals surface area contributed by atoms with E-state index in [-0.39, 0.29) is 0 Å². The molecule has 4 nitrogen and oxygen atoms in total. The minimum atomic E-state index is 0.510. The van der Waals surface area contributed by atoms with Gasteiger partial charge in [0.2, 0.25) is 5.89 Å². The second-order valence-corrected chi connectivity index (χ2v) is 5.79. The van der Waals surface area contributed by atoms with Gasteiger partial charge in [0, 0.05) is 12.3 Å². The normalized spacial score (nSPS) is 24.7. The molecule has 1 heterocycles. The van der Waals surface area contributed by atoms with E-state index in [1.807, 2.05) is 0 Å². The molecule has 0 amide bonds. The molecule has 102 valence electrons. The number of hydrogen-bond acceptors (Lipinski definition) is 4. The van der Waals surface area contributed by atoms with Crippen LogP contribution in [0.15, 0.2) is 4.52 Å². The standard InChI is InChI=1S/C14H25N3O/c1-10(2)11-5-7-12(8-6-11)14-16-13(18-17-14)4-3-9-15/h10-12H,3-9,15H2,1-2H3. The largest absolute Gasteiger partial charge is 0.339 e. The molecule has 0 saturated heterocycles. The zero-order chi connectivity index (χ0) is 13.0. The maximum atomic E-state index is 5.48. The van der Waals surface area contributed by atoms with Crippen LogP contribution < -0.4 is 5.73 Å². The maximum Gasteiger partial charge on any atom is 0.226 e. The van der Waals surface area contributed by atoms with Gasteiger partial charge in [-0.05, 0) is 50.5 Å². The van der Waals surface area contributed by atoms with Gasteiger partial charge in [-0.3, -0.25) is 0 Å². The van der Waals surface area contributed by atoms with Crippen LogP contribution in [-0.4, -0.2) is 16.7 Å². The first-order valence-corrected chi connectivity index (χ1v) is 7.23. The van der Waals surface area contributed by atoms with Crippen molar-refractivity contribution >= 4 is 0 Å². The summed E-state index contributed by atoms with van der Waals surface area (Å²) in [5.74, 6) is 3.86. The van der Waals surface area contributed by atoms with Crippen molar-refractivity contribution < 1.29 is 4.52 Å². The van der Waals surface area contributed by atoms with Crippen molar-refractivity contribution in [2.24, 2.45) is 17.6 Å². The zero-order valence-corrected chi connectivity index (χ0v) is 11.6. The van der Waals surface area contributed by atoms with E-state index < -0.39 is 0 Å². The summed E-state index contributed by atoms with van der Waals surface area (Å²) in [6.45, 7) is 5.33. The smallest absolute Gasteiger partial charge is 0.226 e. The van der Waals surface area contributed by atoms with Crippen LogP contribution in [0.1, 0.15) is 63.6 Å². The third-order valence-electron chi connectivity index (χ3n) is 4.16. The SMILES string of the molecule is CC(C)C1CCC(c2noc(CCCN)n2)CC1. The Morgan fingerprint density at radius 3 is 2.61 bits per heavy atom. The van der Waals surface area contributed by atoms with Gasteiger partial charge in [0.25, 0.3) is 0 Å². The third kappa shape index (κ3) is 3.31. The molecule has 0 radical (unpaired) electrons. The van der Waals surface area contributed by atoms with Crippen LogP contribution in [0.5, 0.6) is 0 Å². The molecular formula is C14H25N3O. The molecule has 0 unspecified atom stereocenters. The summed E-state index contributed by atoms with van der Waals surface area (Å²) in [6, 6.07) is 0. The molecular weight excluding hydrogens is 226 g/mol.